The van der Waals surface area contributed by atoms with Crippen LogP contribution in [-0.4, -0.2) is 5.91 Å². The highest BCUT2D eigenvalue weighted by atomic mass is 79.9. The summed E-state index contributed by atoms with van der Waals surface area (Å²) in [6, 6.07) is 5.95. The molecule has 106 valence electrons. The Morgan fingerprint density at radius 3 is 2.95 bits per heavy atom. The summed E-state index contributed by atoms with van der Waals surface area (Å²) in [5.74, 6) is 4.81. The van der Waals surface area contributed by atoms with Gasteiger partial charge in [0.1, 0.15) is 18.2 Å². The molecule has 20 heavy (non-hydrogen) atoms. The fraction of sp³-hybridized carbons (Fsp3) is 0.154. The smallest absolute Gasteiger partial charge is 0.275 e. The van der Waals surface area contributed by atoms with Gasteiger partial charge >= 0.3 is 0 Å². The minimum atomic E-state index is -0.367. The predicted octanol–water partition coefficient (Wildman–Crippen LogP) is 3.14. The van der Waals surface area contributed by atoms with Crippen molar-refractivity contribution in [3.63, 3.8) is 0 Å². The Balaban J connectivity index is 2.13. The van der Waals surface area contributed by atoms with Crippen LogP contribution >= 0.6 is 27.3 Å². The number of carbonyl (C=O) groups is 1. The second-order valence-corrected chi connectivity index (χ2v) is 6.14. The molecule has 0 unspecified atom stereocenters. The Kier molecular flexibility index (Phi) is 4.74. The van der Waals surface area contributed by atoms with E-state index >= 15 is 0 Å². The lowest BCUT2D eigenvalue weighted by Gasteiger charge is -2.07. The Morgan fingerprint density at radius 1 is 1.50 bits per heavy atom. The average Bonchev–Trinajstić information content (AvgIpc) is 2.80. The number of thiophene rings is 1. The van der Waals surface area contributed by atoms with Crippen LogP contribution in [0.4, 0.5) is 4.39 Å². The number of nitrogens with one attached hydrogen (secondary N) is 1. The highest BCUT2D eigenvalue weighted by Crippen LogP contribution is 2.28. The van der Waals surface area contributed by atoms with E-state index < -0.39 is 0 Å². The van der Waals surface area contributed by atoms with Crippen LogP contribution in [0.5, 0.6) is 5.75 Å². The zero-order valence-corrected chi connectivity index (χ0v) is 13.0. The monoisotopic (exact) mass is 358 g/mol. The first kappa shape index (κ1) is 15.0. The first-order chi connectivity index (χ1) is 9.51. The quantitative estimate of drug-likeness (QED) is 0.501. The van der Waals surface area contributed by atoms with Crippen LogP contribution in [0.25, 0.3) is 0 Å². The van der Waals surface area contributed by atoms with Crippen molar-refractivity contribution in [2.24, 2.45) is 5.84 Å². The van der Waals surface area contributed by atoms with Crippen molar-refractivity contribution in [2.75, 3.05) is 0 Å². The molecule has 0 atom stereocenters. The number of ether oxygens (including phenoxy) is 1. The third-order valence-corrected chi connectivity index (χ3v) is 4.40. The normalized spacial score (nSPS) is 10.4. The lowest BCUT2D eigenvalue weighted by atomic mass is 10.2. The predicted molar refractivity (Wildman–Crippen MR) is 79.1 cm³/mol. The summed E-state index contributed by atoms with van der Waals surface area (Å²) < 4.78 is 19.4. The van der Waals surface area contributed by atoms with Gasteiger partial charge in [0, 0.05) is 16.5 Å². The molecule has 3 N–H and O–H groups in total. The average molecular weight is 359 g/mol. The van der Waals surface area contributed by atoms with Gasteiger partial charge in [0.25, 0.3) is 5.91 Å². The highest BCUT2D eigenvalue weighted by molar-refractivity contribution is 9.10. The van der Waals surface area contributed by atoms with Crippen molar-refractivity contribution >= 4 is 33.2 Å². The molecule has 0 saturated carbocycles. The number of nitrogen functional groups attached to an aromatic ring is 1. The molecule has 2 aromatic rings. The number of aryl methyl sites for hydroxylation is 1. The van der Waals surface area contributed by atoms with E-state index in [9.17, 15) is 9.18 Å². The van der Waals surface area contributed by atoms with Crippen LogP contribution in [0.2, 0.25) is 0 Å². The number of carbonyl (C=O) groups excluding carboxylic acids is 1. The molecule has 0 aliphatic carbocycles. The summed E-state index contributed by atoms with van der Waals surface area (Å²) in [5.41, 5.74) is 2.95. The maximum absolute atomic E-state index is 13.1. The van der Waals surface area contributed by atoms with E-state index in [4.69, 9.17) is 10.6 Å². The zero-order valence-electron chi connectivity index (χ0n) is 10.6. The molecular weight excluding hydrogens is 347 g/mol. The van der Waals surface area contributed by atoms with Gasteiger partial charge in [0.2, 0.25) is 0 Å². The Morgan fingerprint density at radius 2 is 2.25 bits per heavy atom. The molecule has 0 fully saturated rings. The Bertz CT molecular complexity index is 645. The van der Waals surface area contributed by atoms with Gasteiger partial charge in [-0.2, -0.15) is 0 Å². The van der Waals surface area contributed by atoms with Crippen molar-refractivity contribution in [3.8, 4) is 5.75 Å². The second-order valence-electron chi connectivity index (χ2n) is 4.03. The minimum absolute atomic E-state index is 0.252. The topological polar surface area (TPSA) is 64.4 Å². The van der Waals surface area contributed by atoms with Crippen LogP contribution < -0.4 is 16.0 Å². The first-order valence-corrected chi connectivity index (χ1v) is 7.30. The van der Waals surface area contributed by atoms with Crippen LogP contribution in [0, 0.1) is 12.7 Å². The van der Waals surface area contributed by atoms with Gasteiger partial charge in [-0.3, -0.25) is 10.2 Å². The molecule has 0 bridgehead atoms. The fourth-order valence-corrected chi connectivity index (χ4v) is 2.88. The second kappa shape index (κ2) is 6.34. The van der Waals surface area contributed by atoms with Gasteiger partial charge in [0.15, 0.2) is 0 Å². The number of amides is 1. The number of hydrogen-bond donors (Lipinski definition) is 2. The minimum Gasteiger partial charge on any atom is -0.488 e. The summed E-state index contributed by atoms with van der Waals surface area (Å²) in [6.45, 7) is 2.14. The van der Waals surface area contributed by atoms with Gasteiger partial charge in [-0.15, -0.1) is 11.3 Å². The fourth-order valence-electron chi connectivity index (χ4n) is 1.59. The molecule has 4 nitrogen and oxygen atoms in total. The zero-order chi connectivity index (χ0) is 14.7. The maximum atomic E-state index is 13.1. The number of halogens is 2. The van der Waals surface area contributed by atoms with E-state index in [-0.39, 0.29) is 18.3 Å². The summed E-state index contributed by atoms with van der Waals surface area (Å²) in [5, 5.41) is 0. The number of nitrogens with two attached hydrogens (primary N) is 1. The molecular formula is C13H12BrFN2O2S. The van der Waals surface area contributed by atoms with Crippen molar-refractivity contribution in [1.82, 2.24) is 5.43 Å². The van der Waals surface area contributed by atoms with Crippen molar-refractivity contribution in [3.05, 3.63) is 49.9 Å². The van der Waals surface area contributed by atoms with E-state index in [1.165, 1.54) is 23.5 Å². The lowest BCUT2D eigenvalue weighted by Crippen LogP contribution is -2.29. The number of rotatable bonds is 4. The molecule has 7 heteroatoms. The molecule has 0 aliphatic heterocycles. The molecule has 0 spiro atoms. The molecule has 0 saturated heterocycles. The van der Waals surface area contributed by atoms with Gasteiger partial charge in [0.05, 0.1) is 9.35 Å². The molecule has 1 aromatic carbocycles. The SMILES string of the molecule is Cc1sc(C(=O)NN)cc1COc1cc(F)ccc1Br. The van der Waals surface area contributed by atoms with Crippen LogP contribution in [0.3, 0.4) is 0 Å². The van der Waals surface area contributed by atoms with Crippen LogP contribution in [0.15, 0.2) is 28.7 Å². The molecule has 1 amide bonds. The largest absolute Gasteiger partial charge is 0.488 e. The summed E-state index contributed by atoms with van der Waals surface area (Å²) >= 11 is 4.62. The lowest BCUT2D eigenvalue weighted by molar-refractivity contribution is 0.0957. The van der Waals surface area contributed by atoms with Gasteiger partial charge in [-0.05, 0) is 41.1 Å². The van der Waals surface area contributed by atoms with Crippen LogP contribution in [0.1, 0.15) is 20.1 Å². The first-order valence-electron chi connectivity index (χ1n) is 5.69. The van der Waals surface area contributed by atoms with E-state index in [2.05, 4.69) is 21.4 Å². The Labute approximate surface area is 127 Å². The summed E-state index contributed by atoms with van der Waals surface area (Å²) in [7, 11) is 0. The van der Waals surface area contributed by atoms with E-state index in [0.717, 1.165) is 10.4 Å². The van der Waals surface area contributed by atoms with E-state index in [0.29, 0.717) is 15.1 Å². The molecule has 2 rings (SSSR count). The maximum Gasteiger partial charge on any atom is 0.275 e. The van der Waals surface area contributed by atoms with E-state index in [1.807, 2.05) is 6.92 Å². The highest BCUT2D eigenvalue weighted by Gasteiger charge is 2.12. The summed E-state index contributed by atoms with van der Waals surface area (Å²) in [6.07, 6.45) is 0. The van der Waals surface area contributed by atoms with E-state index in [1.54, 1.807) is 12.1 Å². The number of benzene rings is 1. The van der Waals surface area contributed by atoms with Crippen LogP contribution in [-0.2, 0) is 6.61 Å². The summed E-state index contributed by atoms with van der Waals surface area (Å²) in [4.78, 5) is 12.9. The third-order valence-electron chi connectivity index (χ3n) is 2.65. The molecule has 1 aromatic heterocycles. The number of hydrazine groups is 1. The standard InChI is InChI=1S/C13H12BrFN2O2S/c1-7-8(4-12(20-7)13(18)17-16)6-19-11-5-9(15)2-3-10(11)14/h2-5H,6,16H2,1H3,(H,17,18). The Hall–Kier alpha value is -1.44. The van der Waals surface area contributed by atoms with Gasteiger partial charge in [-0.1, -0.05) is 0 Å². The van der Waals surface area contributed by atoms with Gasteiger partial charge in [-0.25, -0.2) is 10.2 Å². The molecule has 0 radical (unpaired) electrons. The van der Waals surface area contributed by atoms with Crippen molar-refractivity contribution < 1.29 is 13.9 Å². The van der Waals surface area contributed by atoms with Gasteiger partial charge < -0.3 is 4.74 Å². The third kappa shape index (κ3) is 3.36. The number of hydrogen-bond acceptors (Lipinski definition) is 4. The van der Waals surface area contributed by atoms with Crippen molar-refractivity contribution in [2.45, 2.75) is 13.5 Å². The molecule has 0 aliphatic rings. The molecule has 1 heterocycles. The van der Waals surface area contributed by atoms with Crippen molar-refractivity contribution in [1.29, 1.82) is 0 Å².